The van der Waals surface area contributed by atoms with Crippen LogP contribution in [0.5, 0.6) is 5.75 Å². The third kappa shape index (κ3) is 4.47. The van der Waals surface area contributed by atoms with E-state index in [0.29, 0.717) is 23.4 Å². The Morgan fingerprint density at radius 2 is 2.14 bits per heavy atom. The summed E-state index contributed by atoms with van der Waals surface area (Å²) in [5, 5.41) is 12.0. The molecule has 0 radical (unpaired) electrons. The number of nitrogens with zero attached hydrogens (tertiary/aromatic N) is 1. The number of benzene rings is 1. The highest BCUT2D eigenvalue weighted by atomic mass is 16.5. The van der Waals surface area contributed by atoms with E-state index in [2.05, 4.69) is 11.4 Å². The molecule has 0 heterocycles. The van der Waals surface area contributed by atoms with Crippen LogP contribution in [0.4, 0.5) is 5.69 Å². The third-order valence-electron chi connectivity index (χ3n) is 3.38. The Kier molecular flexibility index (Phi) is 6.39. The Morgan fingerprint density at radius 1 is 1.45 bits per heavy atom. The predicted octanol–water partition coefficient (Wildman–Crippen LogP) is 3.49. The van der Waals surface area contributed by atoms with Crippen LogP contribution >= 0.6 is 0 Å². The molecule has 5 heteroatoms. The van der Waals surface area contributed by atoms with Gasteiger partial charge in [-0.1, -0.05) is 13.3 Å². The molecule has 0 aliphatic heterocycles. The molecule has 0 bridgehead atoms. The van der Waals surface area contributed by atoms with Gasteiger partial charge in [-0.2, -0.15) is 5.26 Å². The van der Waals surface area contributed by atoms with E-state index < -0.39 is 5.60 Å². The molecule has 1 N–H and O–H groups in total. The smallest absolute Gasteiger partial charge is 0.256 e. The number of carbonyl (C=O) groups excluding carboxylic acids is 1. The second-order valence-electron chi connectivity index (χ2n) is 5.63. The van der Waals surface area contributed by atoms with Crippen molar-refractivity contribution in [1.29, 1.82) is 5.26 Å². The molecule has 0 aliphatic rings. The van der Waals surface area contributed by atoms with E-state index >= 15 is 0 Å². The van der Waals surface area contributed by atoms with Crippen LogP contribution in [0.15, 0.2) is 18.2 Å². The van der Waals surface area contributed by atoms with Crippen LogP contribution in [-0.4, -0.2) is 24.7 Å². The van der Waals surface area contributed by atoms with Gasteiger partial charge in [-0.3, -0.25) is 4.79 Å². The van der Waals surface area contributed by atoms with Crippen molar-refractivity contribution in [1.82, 2.24) is 0 Å². The highest BCUT2D eigenvalue weighted by Crippen LogP contribution is 2.25. The van der Waals surface area contributed by atoms with E-state index in [0.717, 1.165) is 6.42 Å². The first-order valence-electron chi connectivity index (χ1n) is 7.43. The maximum atomic E-state index is 12.4. The summed E-state index contributed by atoms with van der Waals surface area (Å²) in [4.78, 5) is 12.4. The fourth-order valence-electron chi connectivity index (χ4n) is 2.10. The first-order valence-corrected chi connectivity index (χ1v) is 7.43. The number of hydrogen-bond acceptors (Lipinski definition) is 4. The van der Waals surface area contributed by atoms with Crippen LogP contribution in [0.25, 0.3) is 0 Å². The number of amides is 1. The Bertz CT molecular complexity index is 564. The van der Waals surface area contributed by atoms with Gasteiger partial charge >= 0.3 is 0 Å². The monoisotopic (exact) mass is 304 g/mol. The van der Waals surface area contributed by atoms with Crippen molar-refractivity contribution in [3.8, 4) is 11.8 Å². The topological polar surface area (TPSA) is 71.3 Å². The average Bonchev–Trinajstić information content (AvgIpc) is 2.48. The first-order chi connectivity index (χ1) is 10.4. The number of nitrogens with one attached hydrogen (secondary N) is 1. The molecule has 22 heavy (non-hydrogen) atoms. The third-order valence-corrected chi connectivity index (χ3v) is 3.38. The molecule has 1 rings (SSSR count). The van der Waals surface area contributed by atoms with Gasteiger partial charge in [0.1, 0.15) is 17.4 Å². The molecule has 0 unspecified atom stereocenters. The lowest BCUT2D eigenvalue weighted by molar-refractivity contribution is -0.136. The Labute approximate surface area is 132 Å². The van der Waals surface area contributed by atoms with E-state index in [1.54, 1.807) is 25.1 Å². The van der Waals surface area contributed by atoms with Crippen molar-refractivity contribution in [3.63, 3.8) is 0 Å². The Balaban J connectivity index is 2.95. The van der Waals surface area contributed by atoms with Gasteiger partial charge in [-0.25, -0.2) is 0 Å². The maximum Gasteiger partial charge on any atom is 0.256 e. The lowest BCUT2D eigenvalue weighted by Gasteiger charge is -2.26. The van der Waals surface area contributed by atoms with E-state index in [1.807, 2.05) is 20.8 Å². The van der Waals surface area contributed by atoms with E-state index in [-0.39, 0.29) is 12.0 Å². The first kappa shape index (κ1) is 18.0. The molecule has 0 aliphatic carbocycles. The second kappa shape index (κ2) is 7.81. The largest absolute Gasteiger partial charge is 0.490 e. The van der Waals surface area contributed by atoms with Crippen molar-refractivity contribution >= 4 is 11.6 Å². The summed E-state index contributed by atoms with van der Waals surface area (Å²) in [5.74, 6) is 0.289. The molecule has 0 saturated carbocycles. The molecular weight excluding hydrogens is 280 g/mol. The van der Waals surface area contributed by atoms with Crippen LogP contribution < -0.4 is 10.1 Å². The van der Waals surface area contributed by atoms with Crippen molar-refractivity contribution in [3.05, 3.63) is 23.8 Å². The van der Waals surface area contributed by atoms with Crippen LogP contribution in [0.1, 0.15) is 46.1 Å². The van der Waals surface area contributed by atoms with Gasteiger partial charge in [-0.05, 0) is 45.4 Å². The minimum Gasteiger partial charge on any atom is -0.490 e. The van der Waals surface area contributed by atoms with Gasteiger partial charge in [0.2, 0.25) is 0 Å². The number of methoxy groups -OCH3 is 1. The zero-order chi connectivity index (χ0) is 16.8. The van der Waals surface area contributed by atoms with Gasteiger partial charge in [0.15, 0.2) is 0 Å². The molecule has 1 atom stereocenters. The Hall–Kier alpha value is -2.06. The van der Waals surface area contributed by atoms with Crippen LogP contribution in [0.2, 0.25) is 0 Å². The van der Waals surface area contributed by atoms with Crippen molar-refractivity contribution in [2.45, 2.75) is 52.2 Å². The number of ether oxygens (including phenoxy) is 2. The fourth-order valence-corrected chi connectivity index (χ4v) is 2.10. The fraction of sp³-hybridized carbons (Fsp3) is 0.529. The van der Waals surface area contributed by atoms with Crippen LogP contribution in [-0.2, 0) is 9.53 Å². The zero-order valence-electron chi connectivity index (χ0n) is 13.9. The highest BCUT2D eigenvalue weighted by molar-refractivity contribution is 5.97. The molecule has 0 fully saturated rings. The maximum absolute atomic E-state index is 12.4. The second-order valence-corrected chi connectivity index (χ2v) is 5.63. The minimum atomic E-state index is -0.880. The van der Waals surface area contributed by atoms with Crippen molar-refractivity contribution in [2.24, 2.45) is 0 Å². The molecule has 0 spiro atoms. The number of hydrogen-bond donors (Lipinski definition) is 1. The number of nitriles is 1. The predicted molar refractivity (Wildman–Crippen MR) is 85.9 cm³/mol. The summed E-state index contributed by atoms with van der Waals surface area (Å²) >= 11 is 0. The average molecular weight is 304 g/mol. The van der Waals surface area contributed by atoms with E-state index in [4.69, 9.17) is 9.47 Å². The summed E-state index contributed by atoms with van der Waals surface area (Å²) in [6, 6.07) is 7.11. The SMILES string of the molecule is CCC[C@](C)(OC)C(=O)Nc1ccc(OC(C)C)c(C#N)c1. The van der Waals surface area contributed by atoms with Gasteiger partial charge in [0.25, 0.3) is 5.91 Å². The van der Waals surface area contributed by atoms with Crippen molar-refractivity contribution in [2.75, 3.05) is 12.4 Å². The highest BCUT2D eigenvalue weighted by Gasteiger charge is 2.32. The molecule has 5 nitrogen and oxygen atoms in total. The normalized spacial score (nSPS) is 13.3. The van der Waals surface area contributed by atoms with Gasteiger partial charge in [0.05, 0.1) is 11.7 Å². The molecule has 0 aromatic heterocycles. The lowest BCUT2D eigenvalue weighted by Crippen LogP contribution is -2.41. The molecule has 0 saturated heterocycles. The van der Waals surface area contributed by atoms with Gasteiger partial charge in [-0.15, -0.1) is 0 Å². The Morgan fingerprint density at radius 3 is 2.64 bits per heavy atom. The minimum absolute atomic E-state index is 0.0196. The number of anilines is 1. The van der Waals surface area contributed by atoms with Crippen molar-refractivity contribution < 1.29 is 14.3 Å². The molecular formula is C17H24N2O3. The quantitative estimate of drug-likeness (QED) is 0.837. The zero-order valence-corrected chi connectivity index (χ0v) is 13.9. The van der Waals surface area contributed by atoms with E-state index in [1.165, 1.54) is 7.11 Å². The summed E-state index contributed by atoms with van der Waals surface area (Å²) in [7, 11) is 1.52. The lowest BCUT2D eigenvalue weighted by atomic mass is 9.99. The van der Waals surface area contributed by atoms with Crippen LogP contribution in [0.3, 0.4) is 0 Å². The summed E-state index contributed by atoms with van der Waals surface area (Å²) < 4.78 is 10.9. The summed E-state index contributed by atoms with van der Waals surface area (Å²) in [6.45, 7) is 7.54. The standard InChI is InChI=1S/C17H24N2O3/c1-6-9-17(4,21-5)16(20)19-14-7-8-15(22-12(2)3)13(10-14)11-18/h7-8,10,12H,6,9H2,1-5H3,(H,19,20)/t17-/m0/s1. The van der Waals surface area contributed by atoms with Crippen LogP contribution in [0, 0.1) is 11.3 Å². The molecule has 120 valence electrons. The number of carbonyl (C=O) groups is 1. The van der Waals surface area contributed by atoms with Gasteiger partial charge in [0, 0.05) is 12.8 Å². The molecule has 1 amide bonds. The van der Waals surface area contributed by atoms with E-state index in [9.17, 15) is 10.1 Å². The molecule has 1 aromatic carbocycles. The summed E-state index contributed by atoms with van der Waals surface area (Å²) in [6.07, 6.45) is 1.44. The summed E-state index contributed by atoms with van der Waals surface area (Å²) in [5.41, 5.74) is 0.0624. The number of rotatable bonds is 7. The van der Waals surface area contributed by atoms with Gasteiger partial charge < -0.3 is 14.8 Å². The molecule has 1 aromatic rings.